The molecule has 6 atom stereocenters. The fourth-order valence-electron chi connectivity index (χ4n) is 4.11. The van der Waals surface area contributed by atoms with Crippen LogP contribution in [0, 0.1) is 0 Å². The molecule has 1 aromatic carbocycles. The van der Waals surface area contributed by atoms with Gasteiger partial charge in [0.05, 0.1) is 19.7 Å². The highest BCUT2D eigenvalue weighted by atomic mass is 32.2. The molecule has 4 unspecified atom stereocenters. The van der Waals surface area contributed by atoms with E-state index in [4.69, 9.17) is 29.2 Å². The fourth-order valence-corrected chi connectivity index (χ4v) is 5.36. The van der Waals surface area contributed by atoms with Gasteiger partial charge in [-0.15, -0.1) is 0 Å². The molecule has 1 amide bonds. The zero-order chi connectivity index (χ0) is 29.2. The minimum Gasteiger partial charge on any atom is -0.466 e. The maximum Gasteiger partial charge on any atom is 0.349 e. The number of nitrogens with one attached hydrogen (secondary N) is 1. The Morgan fingerprint density at radius 3 is 2.26 bits per heavy atom. The summed E-state index contributed by atoms with van der Waals surface area (Å²) in [4.78, 5) is 63.2. The third-order valence-corrected chi connectivity index (χ3v) is 6.66. The Bertz CT molecular complexity index is 1110. The molecule has 1 saturated heterocycles. The number of benzene rings is 1. The Balaban J connectivity index is 2.77. The van der Waals surface area contributed by atoms with Crippen LogP contribution < -0.4 is 5.32 Å². The predicted molar refractivity (Wildman–Crippen MR) is 135 cm³/mol. The van der Waals surface area contributed by atoms with Crippen molar-refractivity contribution in [1.82, 2.24) is 5.32 Å². The summed E-state index contributed by atoms with van der Waals surface area (Å²) in [5.74, 6) is -3.79. The van der Waals surface area contributed by atoms with Gasteiger partial charge in [-0.25, -0.2) is 4.79 Å². The molecule has 0 radical (unpaired) electrons. The molecule has 1 aliphatic heterocycles. The predicted octanol–water partition coefficient (Wildman–Crippen LogP) is 2.05. The van der Waals surface area contributed by atoms with E-state index in [0.29, 0.717) is 4.90 Å². The van der Waals surface area contributed by atoms with E-state index in [0.717, 1.165) is 39.6 Å². The van der Waals surface area contributed by atoms with Crippen molar-refractivity contribution < 1.29 is 47.7 Å². The SMILES string of the molecule is COC(=O)C1(Sc2ccccc2)CC(OC(C)=O)C(NC(C)=O)C([C@@H](OC(C)=O)[C@H](CN=[N+]=[N-])OC(C)=O)O1. The zero-order valence-corrected chi connectivity index (χ0v) is 22.8. The van der Waals surface area contributed by atoms with Gasteiger partial charge in [0.25, 0.3) is 0 Å². The molecule has 0 spiro atoms. The van der Waals surface area contributed by atoms with E-state index < -0.39 is 71.7 Å². The Labute approximate surface area is 228 Å². The summed E-state index contributed by atoms with van der Waals surface area (Å²) in [6.07, 6.45) is -5.88. The van der Waals surface area contributed by atoms with Gasteiger partial charge in [0.1, 0.15) is 18.3 Å². The minimum atomic E-state index is -1.88. The van der Waals surface area contributed by atoms with Gasteiger partial charge in [0.15, 0.2) is 6.10 Å². The third kappa shape index (κ3) is 8.87. The first-order chi connectivity index (χ1) is 18.4. The monoisotopic (exact) mass is 566 g/mol. The lowest BCUT2D eigenvalue weighted by Crippen LogP contribution is -2.67. The standard InChI is InChI=1S/C24H30N4O10S/c1-13(29)27-20-18(35-14(2)30)11-24(23(33)34-5,39-17-9-7-6-8-10-17)38-22(20)21(37-16(4)32)19(12-26-28-25)36-15(3)31/h6-10,18-22H,11-12H2,1-5H3,(H,27,29)/t18?,19-,20?,21-,22?,24?/m0/s1. The molecule has 1 aliphatic rings. The van der Waals surface area contributed by atoms with Gasteiger partial charge < -0.3 is 29.0 Å². The summed E-state index contributed by atoms with van der Waals surface area (Å²) >= 11 is 0.949. The van der Waals surface area contributed by atoms with Crippen molar-refractivity contribution in [2.45, 2.75) is 74.4 Å². The van der Waals surface area contributed by atoms with Crippen LogP contribution in [0.3, 0.4) is 0 Å². The van der Waals surface area contributed by atoms with E-state index in [1.54, 1.807) is 30.3 Å². The van der Waals surface area contributed by atoms with Gasteiger partial charge in [-0.2, -0.15) is 0 Å². The van der Waals surface area contributed by atoms with Crippen molar-refractivity contribution in [3.8, 4) is 0 Å². The highest BCUT2D eigenvalue weighted by Gasteiger charge is 2.58. The lowest BCUT2D eigenvalue weighted by molar-refractivity contribution is -0.220. The van der Waals surface area contributed by atoms with Gasteiger partial charge in [0, 0.05) is 43.9 Å². The molecule has 0 aromatic heterocycles. The van der Waals surface area contributed by atoms with Crippen molar-refractivity contribution >= 4 is 41.5 Å². The molecule has 1 N–H and O–H groups in total. The summed E-state index contributed by atoms with van der Waals surface area (Å²) in [7, 11) is 1.14. The van der Waals surface area contributed by atoms with Crippen molar-refractivity contribution in [2.24, 2.45) is 5.11 Å². The van der Waals surface area contributed by atoms with Gasteiger partial charge >= 0.3 is 23.9 Å². The van der Waals surface area contributed by atoms with Crippen molar-refractivity contribution in [2.75, 3.05) is 13.7 Å². The number of carbonyl (C=O) groups excluding carboxylic acids is 5. The lowest BCUT2D eigenvalue weighted by Gasteiger charge is -2.48. The van der Waals surface area contributed by atoms with Gasteiger partial charge in [-0.1, -0.05) is 35.1 Å². The Morgan fingerprint density at radius 2 is 1.74 bits per heavy atom. The molecule has 0 aliphatic carbocycles. The van der Waals surface area contributed by atoms with E-state index in [1.165, 1.54) is 6.92 Å². The number of hydrogen-bond donors (Lipinski definition) is 1. The molecule has 2 rings (SSSR count). The van der Waals surface area contributed by atoms with Crippen LogP contribution in [-0.4, -0.2) is 78.8 Å². The molecule has 39 heavy (non-hydrogen) atoms. The topological polar surface area (TPSA) is 192 Å². The van der Waals surface area contributed by atoms with Gasteiger partial charge in [-0.3, -0.25) is 19.2 Å². The normalized spacial score (nSPS) is 23.7. The Hall–Kier alpha value is -3.81. The van der Waals surface area contributed by atoms with Crippen LogP contribution in [-0.2, 0) is 47.7 Å². The number of amides is 1. The van der Waals surface area contributed by atoms with Crippen molar-refractivity contribution in [3.63, 3.8) is 0 Å². The number of ether oxygens (including phenoxy) is 5. The molecule has 212 valence electrons. The number of thioether (sulfide) groups is 1. The first-order valence-electron chi connectivity index (χ1n) is 11.7. The van der Waals surface area contributed by atoms with E-state index in [2.05, 4.69) is 15.3 Å². The van der Waals surface area contributed by atoms with Crippen LogP contribution >= 0.6 is 11.8 Å². The average molecular weight is 567 g/mol. The number of nitrogens with zero attached hydrogens (tertiary/aromatic N) is 3. The second kappa shape index (κ2) is 14.4. The Morgan fingerprint density at radius 1 is 1.10 bits per heavy atom. The third-order valence-electron chi connectivity index (χ3n) is 5.39. The number of carbonyl (C=O) groups is 5. The van der Waals surface area contributed by atoms with Crippen LogP contribution in [0.4, 0.5) is 0 Å². The smallest absolute Gasteiger partial charge is 0.349 e. The molecule has 0 saturated carbocycles. The first kappa shape index (κ1) is 31.4. The first-order valence-corrected chi connectivity index (χ1v) is 12.5. The van der Waals surface area contributed by atoms with Crippen LogP contribution in [0.2, 0.25) is 0 Å². The number of esters is 4. The van der Waals surface area contributed by atoms with E-state index in [-0.39, 0.29) is 6.42 Å². The molecular formula is C24H30N4O10S. The summed E-state index contributed by atoms with van der Waals surface area (Å²) < 4.78 is 27.7. The van der Waals surface area contributed by atoms with E-state index in [1.807, 2.05) is 0 Å². The van der Waals surface area contributed by atoms with Crippen LogP contribution in [0.15, 0.2) is 40.3 Å². The van der Waals surface area contributed by atoms with E-state index in [9.17, 15) is 24.0 Å². The highest BCUT2D eigenvalue weighted by Crippen LogP contribution is 2.45. The molecule has 1 aromatic rings. The molecule has 15 heteroatoms. The maximum atomic E-state index is 13.3. The summed E-state index contributed by atoms with van der Waals surface area (Å²) in [6.45, 7) is 4.03. The van der Waals surface area contributed by atoms with Gasteiger partial charge in [0.2, 0.25) is 10.8 Å². The second-order valence-electron chi connectivity index (χ2n) is 8.46. The summed E-state index contributed by atoms with van der Waals surface area (Å²) in [6, 6.07) is 7.45. The fraction of sp³-hybridized carbons (Fsp3) is 0.542. The van der Waals surface area contributed by atoms with Crippen LogP contribution in [0.5, 0.6) is 0 Å². The number of hydrogen-bond acceptors (Lipinski definition) is 12. The lowest BCUT2D eigenvalue weighted by atomic mass is 9.89. The maximum absolute atomic E-state index is 13.3. The number of methoxy groups -OCH3 is 1. The molecule has 14 nitrogen and oxygen atoms in total. The van der Waals surface area contributed by atoms with Crippen LogP contribution in [0.1, 0.15) is 34.1 Å². The number of rotatable bonds is 11. The summed E-state index contributed by atoms with van der Waals surface area (Å²) in [5.41, 5.74) is 8.89. The average Bonchev–Trinajstić information content (AvgIpc) is 2.85. The molecule has 0 bridgehead atoms. The zero-order valence-electron chi connectivity index (χ0n) is 22.0. The number of azide groups is 1. The summed E-state index contributed by atoms with van der Waals surface area (Å²) in [5, 5.41) is 6.07. The molecular weight excluding hydrogens is 536 g/mol. The molecule has 1 heterocycles. The largest absolute Gasteiger partial charge is 0.466 e. The molecule has 1 fully saturated rings. The minimum absolute atomic E-state index is 0.276. The second-order valence-corrected chi connectivity index (χ2v) is 9.79. The van der Waals surface area contributed by atoms with E-state index >= 15 is 0 Å². The van der Waals surface area contributed by atoms with Crippen molar-refractivity contribution in [3.05, 3.63) is 40.8 Å². The van der Waals surface area contributed by atoms with Crippen LogP contribution in [0.25, 0.3) is 10.4 Å². The highest BCUT2D eigenvalue weighted by molar-refractivity contribution is 8.01. The quantitative estimate of drug-likeness (QED) is 0.135. The Kier molecular flexibility index (Phi) is 11.6. The van der Waals surface area contributed by atoms with Gasteiger partial charge in [-0.05, 0) is 17.7 Å². The van der Waals surface area contributed by atoms with Crippen molar-refractivity contribution in [1.29, 1.82) is 0 Å².